The Labute approximate surface area is 220 Å². The van der Waals surface area contributed by atoms with Gasteiger partial charge in [-0.3, -0.25) is 14.4 Å². The molecule has 1 amide bonds. The average molecular weight is 526 g/mol. The highest BCUT2D eigenvalue weighted by Gasteiger charge is 2.17. The quantitative estimate of drug-likeness (QED) is 0.245. The largest absolute Gasteiger partial charge is 0.326 e. The molecule has 1 atom stereocenters. The summed E-state index contributed by atoms with van der Waals surface area (Å²) in [6.45, 7) is 0. The molecular weight excluding hydrogens is 498 g/mol. The van der Waals surface area contributed by atoms with E-state index in [4.69, 9.17) is 11.6 Å². The first kappa shape index (κ1) is 27.1. The molecule has 0 aliphatic rings. The van der Waals surface area contributed by atoms with Gasteiger partial charge in [-0.15, -0.1) is 0 Å². The van der Waals surface area contributed by atoms with Gasteiger partial charge in [0.2, 0.25) is 16.1 Å². The molecule has 0 saturated carbocycles. The summed E-state index contributed by atoms with van der Waals surface area (Å²) in [4.78, 5) is 37.4. The third-order valence-electron chi connectivity index (χ3n) is 5.27. The Morgan fingerprint density at radius 3 is 1.97 bits per heavy atom. The summed E-state index contributed by atoms with van der Waals surface area (Å²) in [6.07, 6.45) is 3.51. The van der Waals surface area contributed by atoms with E-state index in [1.165, 1.54) is 23.5 Å². The molecule has 0 heterocycles. The summed E-state index contributed by atoms with van der Waals surface area (Å²) in [5.74, 6) is 0.603. The summed E-state index contributed by atoms with van der Waals surface area (Å²) < 4.78 is 0. The van der Waals surface area contributed by atoms with Crippen molar-refractivity contribution >= 4 is 56.9 Å². The molecule has 0 aliphatic carbocycles. The Morgan fingerprint density at radius 1 is 0.743 bits per heavy atom. The summed E-state index contributed by atoms with van der Waals surface area (Å²) >= 11 is 8.50. The van der Waals surface area contributed by atoms with Gasteiger partial charge in [0.15, 0.2) is 0 Å². The number of hydrogen-bond acceptors (Lipinski definition) is 5. The molecule has 3 aromatic rings. The minimum absolute atomic E-state index is 0.0375. The van der Waals surface area contributed by atoms with E-state index in [0.29, 0.717) is 28.3 Å². The van der Waals surface area contributed by atoms with Gasteiger partial charge in [-0.05, 0) is 43.5 Å². The van der Waals surface area contributed by atoms with Crippen molar-refractivity contribution in [2.75, 3.05) is 11.1 Å². The summed E-state index contributed by atoms with van der Waals surface area (Å²) in [7, 11) is 0. The molecule has 35 heavy (non-hydrogen) atoms. The number of anilines is 1. The maximum atomic E-state index is 12.8. The van der Waals surface area contributed by atoms with Gasteiger partial charge in [0, 0.05) is 39.3 Å². The molecule has 0 radical (unpaired) electrons. The van der Waals surface area contributed by atoms with Crippen LogP contribution < -0.4 is 5.32 Å². The molecule has 3 aromatic carbocycles. The minimum Gasteiger partial charge on any atom is -0.326 e. The van der Waals surface area contributed by atoms with Gasteiger partial charge in [-0.2, -0.15) is 0 Å². The molecule has 0 aliphatic heterocycles. The van der Waals surface area contributed by atoms with Crippen LogP contribution in [0.2, 0.25) is 5.02 Å². The predicted octanol–water partition coefficient (Wildman–Crippen LogP) is 7.74. The van der Waals surface area contributed by atoms with E-state index in [9.17, 15) is 14.4 Å². The number of rotatable bonds is 12. The lowest BCUT2D eigenvalue weighted by Gasteiger charge is -2.15. The van der Waals surface area contributed by atoms with E-state index in [2.05, 4.69) is 5.32 Å². The molecule has 1 N–H and O–H groups in total. The van der Waals surface area contributed by atoms with E-state index in [-0.39, 0.29) is 21.4 Å². The molecule has 0 saturated heterocycles. The Bertz CT molecular complexity index is 1090. The van der Waals surface area contributed by atoms with Crippen LogP contribution in [0.1, 0.15) is 52.8 Å². The Hall–Kier alpha value is -2.54. The number of carbonyl (C=O) groups excluding carboxylic acids is 3. The second-order valence-electron chi connectivity index (χ2n) is 7.98. The van der Waals surface area contributed by atoms with Crippen molar-refractivity contribution in [1.82, 2.24) is 0 Å². The van der Waals surface area contributed by atoms with Crippen LogP contribution in [0.4, 0.5) is 5.69 Å². The summed E-state index contributed by atoms with van der Waals surface area (Å²) in [5, 5.41) is 3.66. The monoisotopic (exact) mass is 525 g/mol. The van der Waals surface area contributed by atoms with Gasteiger partial charge >= 0.3 is 0 Å². The maximum absolute atomic E-state index is 12.8. The minimum atomic E-state index is -0.0408. The van der Waals surface area contributed by atoms with Gasteiger partial charge in [-0.1, -0.05) is 102 Å². The zero-order chi connectivity index (χ0) is 24.9. The number of nitrogens with one attached hydrogen (secondary N) is 1. The fourth-order valence-electron chi connectivity index (χ4n) is 3.41. The van der Waals surface area contributed by atoms with Gasteiger partial charge < -0.3 is 5.32 Å². The topological polar surface area (TPSA) is 63.2 Å². The average Bonchev–Trinajstić information content (AvgIpc) is 2.88. The SMILES string of the molecule is O=C(CCCCC(CCSC(=O)c1ccccc1)SC(=O)c1ccccc1)Nc1ccc(Cl)cc1. The highest BCUT2D eigenvalue weighted by atomic mass is 35.5. The molecule has 1 unspecified atom stereocenters. The van der Waals surface area contributed by atoms with Crippen LogP contribution in [0.25, 0.3) is 0 Å². The van der Waals surface area contributed by atoms with Gasteiger partial charge in [0.05, 0.1) is 0 Å². The number of unbranched alkanes of at least 4 members (excludes halogenated alkanes) is 1. The van der Waals surface area contributed by atoms with E-state index in [1.807, 2.05) is 60.7 Å². The highest BCUT2D eigenvalue weighted by Crippen LogP contribution is 2.27. The number of hydrogen-bond donors (Lipinski definition) is 1. The molecule has 3 rings (SSSR count). The molecule has 0 bridgehead atoms. The van der Waals surface area contributed by atoms with Crippen molar-refractivity contribution in [1.29, 1.82) is 0 Å². The first-order valence-electron chi connectivity index (χ1n) is 11.5. The van der Waals surface area contributed by atoms with Crippen LogP contribution in [0.15, 0.2) is 84.9 Å². The van der Waals surface area contributed by atoms with Crippen LogP contribution in [0, 0.1) is 0 Å². The molecular formula is C28H28ClNO3S2. The molecule has 4 nitrogen and oxygen atoms in total. The van der Waals surface area contributed by atoms with Crippen LogP contribution in [-0.4, -0.2) is 27.1 Å². The second-order valence-corrected chi connectivity index (χ2v) is 10.8. The van der Waals surface area contributed by atoms with E-state index >= 15 is 0 Å². The number of benzene rings is 3. The standard InChI is InChI=1S/C28H28ClNO3S2/c29-23-15-17-24(18-16-23)30-26(31)14-8-7-13-25(35-28(33)22-11-5-2-6-12-22)19-20-34-27(32)21-9-3-1-4-10-21/h1-6,9-12,15-18,25H,7-8,13-14,19-20H2,(H,30,31). The van der Waals surface area contributed by atoms with Crippen LogP contribution in [0.5, 0.6) is 0 Å². The van der Waals surface area contributed by atoms with Crippen molar-refractivity contribution in [2.45, 2.75) is 37.4 Å². The Balaban J connectivity index is 1.47. The highest BCUT2D eigenvalue weighted by molar-refractivity contribution is 8.15. The summed E-state index contributed by atoms with van der Waals surface area (Å²) in [6, 6.07) is 25.5. The van der Waals surface area contributed by atoms with Gasteiger partial charge in [0.25, 0.3) is 0 Å². The van der Waals surface area contributed by atoms with Crippen molar-refractivity contribution in [3.8, 4) is 0 Å². The normalized spacial score (nSPS) is 11.6. The molecule has 0 aromatic heterocycles. The van der Waals surface area contributed by atoms with Crippen LogP contribution in [-0.2, 0) is 4.79 Å². The first-order valence-corrected chi connectivity index (χ1v) is 13.8. The number of thioether (sulfide) groups is 2. The number of carbonyl (C=O) groups is 3. The van der Waals surface area contributed by atoms with Crippen LogP contribution in [0.3, 0.4) is 0 Å². The smallest absolute Gasteiger partial charge is 0.224 e. The third-order valence-corrected chi connectivity index (χ3v) is 7.72. The maximum Gasteiger partial charge on any atom is 0.224 e. The first-order chi connectivity index (χ1) is 17.0. The molecule has 182 valence electrons. The predicted molar refractivity (Wildman–Crippen MR) is 149 cm³/mol. The lowest BCUT2D eigenvalue weighted by Crippen LogP contribution is -2.12. The van der Waals surface area contributed by atoms with Crippen molar-refractivity contribution < 1.29 is 14.4 Å². The van der Waals surface area contributed by atoms with Crippen LogP contribution >= 0.6 is 35.1 Å². The van der Waals surface area contributed by atoms with Crippen molar-refractivity contribution in [3.63, 3.8) is 0 Å². The molecule has 0 fully saturated rings. The zero-order valence-electron chi connectivity index (χ0n) is 19.3. The fraction of sp³-hybridized carbons (Fsp3) is 0.250. The third kappa shape index (κ3) is 9.92. The zero-order valence-corrected chi connectivity index (χ0v) is 21.7. The second kappa shape index (κ2) is 14.8. The molecule has 0 spiro atoms. The van der Waals surface area contributed by atoms with E-state index in [0.717, 1.165) is 31.4 Å². The Morgan fingerprint density at radius 2 is 1.34 bits per heavy atom. The number of halogens is 1. The Kier molecular flexibility index (Phi) is 11.4. The van der Waals surface area contributed by atoms with Crippen molar-refractivity contribution in [2.24, 2.45) is 0 Å². The molecule has 7 heteroatoms. The van der Waals surface area contributed by atoms with Gasteiger partial charge in [-0.25, -0.2) is 0 Å². The summed E-state index contributed by atoms with van der Waals surface area (Å²) in [5.41, 5.74) is 2.09. The lowest BCUT2D eigenvalue weighted by molar-refractivity contribution is -0.116. The van der Waals surface area contributed by atoms with E-state index < -0.39 is 0 Å². The van der Waals surface area contributed by atoms with Crippen molar-refractivity contribution in [3.05, 3.63) is 101 Å². The number of amides is 1. The van der Waals surface area contributed by atoms with Gasteiger partial charge in [0.1, 0.15) is 0 Å². The van der Waals surface area contributed by atoms with E-state index in [1.54, 1.807) is 24.3 Å². The lowest BCUT2D eigenvalue weighted by atomic mass is 10.1. The fourth-order valence-corrected chi connectivity index (χ4v) is 5.67.